The minimum Gasteiger partial charge on any atom is -0.508 e. The summed E-state index contributed by atoms with van der Waals surface area (Å²) in [6.45, 7) is 0.836. The monoisotopic (exact) mass is 397 g/mol. The van der Waals surface area contributed by atoms with Gasteiger partial charge in [0.1, 0.15) is 5.75 Å². The molecule has 5 nitrogen and oxygen atoms in total. The van der Waals surface area contributed by atoms with Gasteiger partial charge in [-0.3, -0.25) is 4.57 Å². The largest absolute Gasteiger partial charge is 0.508 e. The van der Waals surface area contributed by atoms with Crippen LogP contribution in [0, 0.1) is 0 Å². The zero-order chi connectivity index (χ0) is 16.3. The SMILES string of the molecule is O=P1(C(Nc2ccc(O)cc2)c2ccc(Br)cc2)OCCCO1. The average Bonchev–Trinajstić information content (AvgIpc) is 2.56. The molecule has 7 heteroatoms. The summed E-state index contributed by atoms with van der Waals surface area (Å²) in [6, 6.07) is 14.1. The molecule has 2 N–H and O–H groups in total. The first-order valence-electron chi connectivity index (χ1n) is 7.27. The van der Waals surface area contributed by atoms with Crippen molar-refractivity contribution in [3.8, 4) is 5.75 Å². The molecule has 1 unspecified atom stereocenters. The van der Waals surface area contributed by atoms with Crippen LogP contribution in [0.1, 0.15) is 17.8 Å². The predicted octanol–water partition coefficient (Wildman–Crippen LogP) is 4.90. The molecule has 1 heterocycles. The van der Waals surface area contributed by atoms with Gasteiger partial charge >= 0.3 is 7.60 Å². The normalized spacial score (nSPS) is 18.3. The van der Waals surface area contributed by atoms with Gasteiger partial charge in [0.15, 0.2) is 5.78 Å². The lowest BCUT2D eigenvalue weighted by Crippen LogP contribution is -2.19. The third-order valence-electron chi connectivity index (χ3n) is 3.50. The summed E-state index contributed by atoms with van der Waals surface area (Å²) in [5, 5.41) is 12.6. The lowest BCUT2D eigenvalue weighted by atomic mass is 10.2. The highest BCUT2D eigenvalue weighted by Crippen LogP contribution is 2.62. The molecule has 2 aromatic rings. The second-order valence-corrected chi connectivity index (χ2v) is 8.23. The van der Waals surface area contributed by atoms with E-state index in [2.05, 4.69) is 21.2 Å². The van der Waals surface area contributed by atoms with Crippen molar-refractivity contribution in [2.45, 2.75) is 12.2 Å². The molecule has 1 fully saturated rings. The highest BCUT2D eigenvalue weighted by Gasteiger charge is 2.39. The van der Waals surface area contributed by atoms with E-state index in [1.165, 1.54) is 0 Å². The van der Waals surface area contributed by atoms with Crippen molar-refractivity contribution in [2.24, 2.45) is 0 Å². The number of hydrogen-bond acceptors (Lipinski definition) is 5. The predicted molar refractivity (Wildman–Crippen MR) is 92.7 cm³/mol. The minimum absolute atomic E-state index is 0.174. The fourth-order valence-corrected chi connectivity index (χ4v) is 4.58. The van der Waals surface area contributed by atoms with Crippen LogP contribution in [-0.4, -0.2) is 18.3 Å². The minimum atomic E-state index is -3.33. The van der Waals surface area contributed by atoms with Crippen LogP contribution < -0.4 is 5.32 Å². The van der Waals surface area contributed by atoms with E-state index in [0.717, 1.165) is 22.1 Å². The molecule has 1 aliphatic rings. The Hall–Kier alpha value is -1.33. The molecule has 1 saturated heterocycles. The maximum atomic E-state index is 13.1. The van der Waals surface area contributed by atoms with E-state index in [4.69, 9.17) is 9.05 Å². The molecule has 0 radical (unpaired) electrons. The van der Waals surface area contributed by atoms with Gasteiger partial charge in [0, 0.05) is 10.2 Å². The number of anilines is 1. The van der Waals surface area contributed by atoms with Crippen LogP contribution in [0.5, 0.6) is 5.75 Å². The second kappa shape index (κ2) is 7.05. The third-order valence-corrected chi connectivity index (χ3v) is 6.18. The lowest BCUT2D eigenvalue weighted by molar-refractivity contribution is 0.142. The summed E-state index contributed by atoms with van der Waals surface area (Å²) in [5.41, 5.74) is 1.54. The number of hydrogen-bond donors (Lipinski definition) is 2. The number of halogens is 1. The van der Waals surface area contributed by atoms with Gasteiger partial charge in [-0.15, -0.1) is 0 Å². The Bertz CT molecular complexity index is 695. The first-order valence-corrected chi connectivity index (χ1v) is 9.67. The van der Waals surface area contributed by atoms with E-state index in [1.54, 1.807) is 24.3 Å². The summed E-state index contributed by atoms with van der Waals surface area (Å²) in [5.74, 6) is -0.437. The number of phenols is 1. The van der Waals surface area contributed by atoms with Crippen molar-refractivity contribution in [1.29, 1.82) is 0 Å². The van der Waals surface area contributed by atoms with Crippen molar-refractivity contribution in [3.63, 3.8) is 0 Å². The van der Waals surface area contributed by atoms with Crippen LogP contribution in [0.15, 0.2) is 53.0 Å². The Morgan fingerprint density at radius 1 is 1.04 bits per heavy atom. The van der Waals surface area contributed by atoms with Gasteiger partial charge in [0.05, 0.1) is 13.2 Å². The van der Waals surface area contributed by atoms with E-state index >= 15 is 0 Å². The molecule has 0 saturated carbocycles. The smallest absolute Gasteiger partial charge is 0.357 e. The fraction of sp³-hybridized carbons (Fsp3) is 0.250. The van der Waals surface area contributed by atoms with E-state index in [-0.39, 0.29) is 5.75 Å². The van der Waals surface area contributed by atoms with Crippen LogP contribution in [0.2, 0.25) is 0 Å². The Morgan fingerprint density at radius 3 is 2.26 bits per heavy atom. The van der Waals surface area contributed by atoms with E-state index in [1.807, 2.05) is 24.3 Å². The number of aromatic hydroxyl groups is 1. The average molecular weight is 398 g/mol. The summed E-state index contributed by atoms with van der Waals surface area (Å²) >= 11 is 3.40. The van der Waals surface area contributed by atoms with Crippen molar-refractivity contribution in [3.05, 3.63) is 58.6 Å². The van der Waals surface area contributed by atoms with E-state index < -0.39 is 13.4 Å². The standard InChI is InChI=1S/C16H17BrNO4P/c17-13-4-2-12(3-5-13)16(23(20)21-10-1-11-22-23)18-14-6-8-15(19)9-7-14/h2-9,16,18-19H,1,10-11H2. The Morgan fingerprint density at radius 2 is 1.65 bits per heavy atom. The van der Waals surface area contributed by atoms with Crippen LogP contribution in [-0.2, 0) is 13.6 Å². The molecule has 0 bridgehead atoms. The van der Waals surface area contributed by atoms with Gasteiger partial charge in [0.2, 0.25) is 0 Å². The van der Waals surface area contributed by atoms with Gasteiger partial charge in [-0.05, 0) is 48.4 Å². The molecule has 0 spiro atoms. The number of benzene rings is 2. The van der Waals surface area contributed by atoms with Crippen LogP contribution in [0.4, 0.5) is 5.69 Å². The Labute approximate surface area is 143 Å². The number of rotatable bonds is 4. The summed E-state index contributed by atoms with van der Waals surface area (Å²) in [7, 11) is -3.33. The van der Waals surface area contributed by atoms with E-state index in [9.17, 15) is 9.67 Å². The molecular weight excluding hydrogens is 381 g/mol. The van der Waals surface area contributed by atoms with Crippen LogP contribution >= 0.6 is 23.5 Å². The van der Waals surface area contributed by atoms with Crippen molar-refractivity contribution in [1.82, 2.24) is 0 Å². The zero-order valence-electron chi connectivity index (χ0n) is 12.3. The van der Waals surface area contributed by atoms with Gasteiger partial charge in [-0.1, -0.05) is 28.1 Å². The Kier molecular flexibility index (Phi) is 5.07. The van der Waals surface area contributed by atoms with Crippen LogP contribution in [0.3, 0.4) is 0 Å². The van der Waals surface area contributed by atoms with Gasteiger partial charge < -0.3 is 19.5 Å². The summed E-state index contributed by atoms with van der Waals surface area (Å²) in [6.07, 6.45) is 0.732. The first-order chi connectivity index (χ1) is 11.1. The van der Waals surface area contributed by atoms with Gasteiger partial charge in [-0.2, -0.15) is 0 Å². The zero-order valence-corrected chi connectivity index (χ0v) is 14.8. The quantitative estimate of drug-likeness (QED) is 0.567. The van der Waals surface area contributed by atoms with E-state index in [0.29, 0.717) is 13.2 Å². The molecular formula is C16H17BrNO4P. The third kappa shape index (κ3) is 3.96. The summed E-state index contributed by atoms with van der Waals surface area (Å²) < 4.78 is 25.1. The molecule has 1 aliphatic heterocycles. The van der Waals surface area contributed by atoms with Crippen molar-refractivity contribution in [2.75, 3.05) is 18.5 Å². The number of phenolic OH excluding ortho intramolecular Hbond substituents is 1. The number of nitrogens with one attached hydrogen (secondary N) is 1. The first kappa shape index (κ1) is 16.5. The van der Waals surface area contributed by atoms with Crippen molar-refractivity contribution >= 4 is 29.2 Å². The molecule has 122 valence electrons. The van der Waals surface area contributed by atoms with Crippen LogP contribution in [0.25, 0.3) is 0 Å². The summed E-state index contributed by atoms with van der Waals surface area (Å²) in [4.78, 5) is 0. The molecule has 1 atom stereocenters. The molecule has 0 amide bonds. The van der Waals surface area contributed by atoms with Gasteiger partial charge in [0.25, 0.3) is 0 Å². The molecule has 23 heavy (non-hydrogen) atoms. The molecule has 0 aromatic heterocycles. The maximum absolute atomic E-state index is 13.1. The lowest BCUT2D eigenvalue weighted by Gasteiger charge is -2.31. The molecule has 3 rings (SSSR count). The Balaban J connectivity index is 1.93. The highest BCUT2D eigenvalue weighted by atomic mass is 79.9. The van der Waals surface area contributed by atoms with Gasteiger partial charge in [-0.25, -0.2) is 0 Å². The van der Waals surface area contributed by atoms with Crippen molar-refractivity contribution < 1.29 is 18.7 Å². The second-order valence-electron chi connectivity index (χ2n) is 5.21. The molecule has 0 aliphatic carbocycles. The highest BCUT2D eigenvalue weighted by molar-refractivity contribution is 9.10. The topological polar surface area (TPSA) is 67.8 Å². The fourth-order valence-electron chi connectivity index (χ4n) is 2.33. The maximum Gasteiger partial charge on any atom is 0.357 e. The molecule has 2 aromatic carbocycles.